The molecule has 0 aromatic rings. The summed E-state index contributed by atoms with van der Waals surface area (Å²) in [6, 6.07) is 0. The highest BCUT2D eigenvalue weighted by Crippen LogP contribution is 2.79. The van der Waals surface area contributed by atoms with Crippen LogP contribution in [0, 0.1) is 50.2 Å². The molecule has 31 atom stereocenters. The van der Waals surface area contributed by atoms with Crippen molar-refractivity contribution in [3.63, 3.8) is 0 Å². The van der Waals surface area contributed by atoms with E-state index >= 15 is 0 Å². The molecule has 0 aromatic carbocycles. The Morgan fingerprint density at radius 1 is 0.519 bits per heavy atom. The van der Waals surface area contributed by atoms with Crippen molar-refractivity contribution in [2.45, 2.75) is 240 Å². The molecule has 4 saturated carbocycles. The lowest BCUT2D eigenvalue weighted by Crippen LogP contribution is -2.72. The first-order valence-electron chi connectivity index (χ1n) is 28.0. The molecule has 5 heterocycles. The maximum absolute atomic E-state index is 12.3. The number of allylic oxidation sites excluding steroid dienone is 1. The highest BCUT2D eigenvalue weighted by molar-refractivity contribution is 5.36. The van der Waals surface area contributed by atoms with Crippen LogP contribution in [0.25, 0.3) is 0 Å². The lowest BCUT2D eigenvalue weighted by atomic mass is 9.32. The fourth-order valence-electron chi connectivity index (χ4n) is 17.2. The Morgan fingerprint density at radius 2 is 1.06 bits per heavy atom. The quantitative estimate of drug-likeness (QED) is 0.0705. The van der Waals surface area contributed by atoms with Crippen LogP contribution in [-0.2, 0) is 42.6 Å². The van der Waals surface area contributed by atoms with Crippen LogP contribution in [0.5, 0.6) is 0 Å². The number of hydrogen-bond donors (Lipinski definition) is 14. The average Bonchev–Trinajstić information content (AvgIpc) is 3.33. The van der Waals surface area contributed by atoms with Gasteiger partial charge in [0.25, 0.3) is 0 Å². The minimum atomic E-state index is -2.00. The first-order chi connectivity index (χ1) is 36.2. The number of aliphatic hydroxyl groups excluding tert-OH is 14. The molecule has 23 nitrogen and oxygen atoms in total. The van der Waals surface area contributed by atoms with Crippen LogP contribution in [0.2, 0.25) is 0 Å². The molecule has 0 radical (unpaired) electrons. The molecule has 0 amide bonds. The van der Waals surface area contributed by atoms with Gasteiger partial charge in [-0.3, -0.25) is 0 Å². The van der Waals surface area contributed by atoms with Gasteiger partial charge in [-0.1, -0.05) is 53.7 Å². The molecule has 5 aliphatic heterocycles. The minimum absolute atomic E-state index is 0.00287. The van der Waals surface area contributed by atoms with Crippen LogP contribution in [0.15, 0.2) is 12.2 Å². The molecule has 5 aliphatic carbocycles. The maximum Gasteiger partial charge on any atom is 0.187 e. The lowest BCUT2D eigenvalue weighted by Gasteiger charge is -2.73. The summed E-state index contributed by atoms with van der Waals surface area (Å²) in [5.74, 6) is -0.00439. The molecule has 442 valence electrons. The summed E-state index contributed by atoms with van der Waals surface area (Å²) in [5.41, 5.74) is -2.90. The highest BCUT2D eigenvalue weighted by atomic mass is 16.8. The fourth-order valence-corrected chi connectivity index (χ4v) is 17.2. The smallest absolute Gasteiger partial charge is 0.187 e. The van der Waals surface area contributed by atoms with Crippen molar-refractivity contribution in [2.75, 3.05) is 33.0 Å². The fraction of sp³-hybridized carbons (Fsp3) is 0.963. The van der Waals surface area contributed by atoms with Gasteiger partial charge in [-0.15, -0.1) is 0 Å². The Balaban J connectivity index is 0.971. The molecule has 77 heavy (non-hydrogen) atoms. The largest absolute Gasteiger partial charge is 0.396 e. The summed E-state index contributed by atoms with van der Waals surface area (Å²) in [6.07, 6.45) is -25.8. The van der Waals surface area contributed by atoms with Crippen LogP contribution in [0.3, 0.4) is 0 Å². The Morgan fingerprint density at radius 3 is 1.65 bits per heavy atom. The first-order valence-corrected chi connectivity index (χ1v) is 28.0. The third-order valence-electron chi connectivity index (χ3n) is 22.2. The van der Waals surface area contributed by atoms with Gasteiger partial charge in [-0.25, -0.2) is 0 Å². The van der Waals surface area contributed by atoms with Crippen LogP contribution < -0.4 is 0 Å². The van der Waals surface area contributed by atoms with Crippen LogP contribution in [0.4, 0.5) is 0 Å². The van der Waals surface area contributed by atoms with E-state index < -0.39 is 177 Å². The van der Waals surface area contributed by atoms with Crippen LogP contribution >= 0.6 is 0 Å². The molecule has 0 unspecified atom stereocenters. The topological polar surface area (TPSA) is 366 Å². The number of rotatable bonds is 12. The molecule has 1 spiro atoms. The van der Waals surface area contributed by atoms with E-state index in [1.54, 1.807) is 0 Å². The zero-order valence-electron chi connectivity index (χ0n) is 45.2. The standard InChI is InChI=1S/C54H88O23/c1-23-32(60)41(75-46-42(38(66)35(63)26(20-57)73-46)76-44-39(67)36(64)33(61)24(18-55)71-44)43(77-45-40(68)37(65)34(62)25(19-56)72-45)47(70-23)74-31-10-11-49(4)27(50(31,5)21-58)8-12-51(6)28(49)9-13-54-29-16-48(2,3)14-15-53(29,22-69-54)30(59)17-52(51,54)7/h9,13,23-47,55-68H,8,10-12,14-22H2,1-7H3/t23-,24-,25-,26-,27-,28-,29-,30+,31+,32+,33-,34-,35-,36+,37+,38+,39-,40-,41+,42-,43-,44+,45-,46+,47+,49+,50+,51-,52+,53-,54+/m1/s1. The third-order valence-corrected chi connectivity index (χ3v) is 22.2. The number of fused-ring (bicyclic) bond motifs is 4. The van der Waals surface area contributed by atoms with E-state index in [1.807, 2.05) is 6.92 Å². The second kappa shape index (κ2) is 20.9. The number of hydrogen-bond acceptors (Lipinski definition) is 23. The van der Waals surface area contributed by atoms with Crippen molar-refractivity contribution in [2.24, 2.45) is 50.2 Å². The van der Waals surface area contributed by atoms with E-state index in [2.05, 4.69) is 46.8 Å². The molecule has 9 fully saturated rings. The zero-order valence-corrected chi connectivity index (χ0v) is 45.2. The predicted octanol–water partition coefficient (Wildman–Crippen LogP) is -2.57. The normalized spacial score (nSPS) is 58.1. The van der Waals surface area contributed by atoms with Gasteiger partial charge < -0.3 is 114 Å². The van der Waals surface area contributed by atoms with E-state index in [4.69, 9.17) is 42.6 Å². The van der Waals surface area contributed by atoms with Crippen molar-refractivity contribution < 1.29 is 114 Å². The Kier molecular flexibility index (Phi) is 16.0. The minimum Gasteiger partial charge on any atom is -0.396 e. The van der Waals surface area contributed by atoms with Gasteiger partial charge in [0, 0.05) is 22.2 Å². The van der Waals surface area contributed by atoms with Crippen molar-refractivity contribution in [3.8, 4) is 0 Å². The van der Waals surface area contributed by atoms with E-state index in [0.29, 0.717) is 32.3 Å². The van der Waals surface area contributed by atoms with Gasteiger partial charge in [-0.05, 0) is 86.4 Å². The number of aliphatic hydroxyl groups is 14. The summed E-state index contributed by atoms with van der Waals surface area (Å²) < 4.78 is 56.8. The SMILES string of the molecule is C[C@H]1O[C@@H](O[C@H]2CC[C@@]3(C)[C@@H](CC[C@]4(C)[C@@H]3C=C[C@]35OC[C@@]6(CCC(C)(C)C[C@H]63)[C@@H](O)C[C@]54C)[C@]2(C)CO)[C@H](O[C@H]2O[C@H](CO)[C@@H](O)[C@H](O)[C@H]2O)[C@@H](O[C@@H]2O[C@H](CO)[C@@H](O)[C@H](O)[C@H]2O[C@@H]2O[C@H](CO)[C@@H](O)[C@H](O)[C@H]2O)[C@H]1O. The molecule has 10 rings (SSSR count). The average molecular weight is 1110 g/mol. The van der Waals surface area contributed by atoms with Crippen molar-refractivity contribution in [3.05, 3.63) is 12.2 Å². The van der Waals surface area contributed by atoms with Crippen LogP contribution in [-0.4, -0.2) is 245 Å². The van der Waals surface area contributed by atoms with Crippen molar-refractivity contribution in [1.29, 1.82) is 0 Å². The monoisotopic (exact) mass is 1100 g/mol. The Bertz CT molecular complexity index is 2120. The van der Waals surface area contributed by atoms with Crippen LogP contribution in [0.1, 0.15) is 99.8 Å². The summed E-state index contributed by atoms with van der Waals surface area (Å²) in [4.78, 5) is 0. The molecule has 5 saturated heterocycles. The third kappa shape index (κ3) is 8.84. The van der Waals surface area contributed by atoms with Gasteiger partial charge in [0.15, 0.2) is 25.2 Å². The van der Waals surface area contributed by atoms with Gasteiger partial charge in [0.1, 0.15) is 91.6 Å². The van der Waals surface area contributed by atoms with Gasteiger partial charge in [-0.2, -0.15) is 0 Å². The van der Waals surface area contributed by atoms with E-state index in [9.17, 15) is 71.5 Å². The van der Waals surface area contributed by atoms with E-state index in [1.165, 1.54) is 6.92 Å². The predicted molar refractivity (Wildman–Crippen MR) is 262 cm³/mol. The van der Waals surface area contributed by atoms with Gasteiger partial charge in [0.2, 0.25) is 0 Å². The number of ether oxygens (including phenoxy) is 9. The molecule has 0 aromatic heterocycles. The highest BCUT2D eigenvalue weighted by Gasteiger charge is 2.79. The van der Waals surface area contributed by atoms with E-state index in [0.717, 1.165) is 25.7 Å². The second-order valence-corrected chi connectivity index (χ2v) is 26.6. The second-order valence-electron chi connectivity index (χ2n) is 26.6. The first kappa shape index (κ1) is 59.0. The summed E-state index contributed by atoms with van der Waals surface area (Å²) in [7, 11) is 0. The van der Waals surface area contributed by atoms with Gasteiger partial charge in [0.05, 0.1) is 56.9 Å². The van der Waals surface area contributed by atoms with Crippen molar-refractivity contribution >= 4 is 0 Å². The molecular weight excluding hydrogens is 1020 g/mol. The van der Waals surface area contributed by atoms with E-state index in [-0.39, 0.29) is 40.6 Å². The van der Waals surface area contributed by atoms with Crippen molar-refractivity contribution in [1.82, 2.24) is 0 Å². The molecule has 10 aliphatic rings. The Labute approximate surface area is 448 Å². The maximum atomic E-state index is 12.3. The lowest BCUT2D eigenvalue weighted by molar-refractivity contribution is -0.408. The molecule has 14 N–H and O–H groups in total. The Hall–Kier alpha value is -1.18. The molecule has 2 bridgehead atoms. The van der Waals surface area contributed by atoms with Gasteiger partial charge >= 0.3 is 0 Å². The zero-order chi connectivity index (χ0) is 55.9. The molecule has 23 heteroatoms. The summed E-state index contributed by atoms with van der Waals surface area (Å²) in [5, 5.41) is 154. The summed E-state index contributed by atoms with van der Waals surface area (Å²) in [6.45, 7) is 12.8. The molecular formula is C54H88O23. The summed E-state index contributed by atoms with van der Waals surface area (Å²) >= 11 is 0.